The smallest absolute Gasteiger partial charge is 0.338 e. The molecule has 1 aliphatic carbocycles. The molecule has 0 spiro atoms. The normalized spacial score (nSPS) is 17.6. The lowest BCUT2D eigenvalue weighted by Gasteiger charge is -2.17. The minimum Gasteiger partial charge on any atom is -0.458 e. The van der Waals surface area contributed by atoms with Crippen molar-refractivity contribution in [2.45, 2.75) is 44.8 Å². The molecule has 1 saturated carbocycles. The van der Waals surface area contributed by atoms with E-state index in [1.807, 2.05) is 25.1 Å². The quantitative estimate of drug-likeness (QED) is 0.813. The molecule has 18 heavy (non-hydrogen) atoms. The molecule has 2 rings (SSSR count). The fourth-order valence-electron chi connectivity index (χ4n) is 2.33. The van der Waals surface area contributed by atoms with Crippen LogP contribution in [0.2, 0.25) is 0 Å². The molecule has 3 heteroatoms. The van der Waals surface area contributed by atoms with Gasteiger partial charge in [-0.25, -0.2) is 4.79 Å². The van der Waals surface area contributed by atoms with Crippen LogP contribution in [0.25, 0.3) is 0 Å². The second kappa shape index (κ2) is 6.55. The number of nitrogens with one attached hydrogen (secondary N) is 1. The van der Waals surface area contributed by atoms with Crippen LogP contribution < -0.4 is 5.32 Å². The highest BCUT2D eigenvalue weighted by Crippen LogP contribution is 2.17. The second-order valence-electron chi connectivity index (χ2n) is 4.97. The van der Waals surface area contributed by atoms with E-state index < -0.39 is 0 Å². The second-order valence-corrected chi connectivity index (χ2v) is 4.97. The molecule has 0 heterocycles. The van der Waals surface area contributed by atoms with Gasteiger partial charge < -0.3 is 10.1 Å². The van der Waals surface area contributed by atoms with Gasteiger partial charge in [0.1, 0.15) is 6.10 Å². The van der Waals surface area contributed by atoms with Crippen LogP contribution in [0, 0.1) is 0 Å². The van der Waals surface area contributed by atoms with Crippen LogP contribution in [0.4, 0.5) is 0 Å². The highest BCUT2D eigenvalue weighted by atomic mass is 16.5. The van der Waals surface area contributed by atoms with Crippen LogP contribution in [-0.4, -0.2) is 24.7 Å². The first-order valence-corrected chi connectivity index (χ1v) is 6.75. The van der Waals surface area contributed by atoms with Crippen LogP contribution in [0.1, 0.15) is 43.0 Å². The molecule has 1 aromatic carbocycles. The highest BCUT2D eigenvalue weighted by Gasteiger charge is 2.16. The van der Waals surface area contributed by atoms with Crippen LogP contribution >= 0.6 is 0 Å². The van der Waals surface area contributed by atoms with Crippen molar-refractivity contribution in [1.29, 1.82) is 0 Å². The molecule has 1 aliphatic rings. The van der Waals surface area contributed by atoms with Gasteiger partial charge in [0.25, 0.3) is 0 Å². The van der Waals surface area contributed by atoms with Crippen molar-refractivity contribution in [2.24, 2.45) is 0 Å². The van der Waals surface area contributed by atoms with Crippen LogP contribution in [0.15, 0.2) is 30.3 Å². The molecule has 1 unspecified atom stereocenters. The molecular weight excluding hydrogens is 226 g/mol. The largest absolute Gasteiger partial charge is 0.458 e. The molecule has 1 fully saturated rings. The summed E-state index contributed by atoms with van der Waals surface area (Å²) in [6, 6.07) is 9.75. The Morgan fingerprint density at radius 2 is 2.00 bits per heavy atom. The third kappa shape index (κ3) is 3.84. The van der Waals surface area contributed by atoms with Gasteiger partial charge in [0.2, 0.25) is 0 Å². The number of benzene rings is 1. The van der Waals surface area contributed by atoms with Crippen molar-refractivity contribution in [1.82, 2.24) is 5.32 Å². The minimum absolute atomic E-state index is 0.0849. The van der Waals surface area contributed by atoms with Crippen LogP contribution in [-0.2, 0) is 4.74 Å². The predicted octanol–water partition coefficient (Wildman–Crippen LogP) is 2.76. The molecule has 0 saturated heterocycles. The summed E-state index contributed by atoms with van der Waals surface area (Å²) in [4.78, 5) is 11.8. The molecule has 98 valence electrons. The Hall–Kier alpha value is -1.35. The first kappa shape index (κ1) is 13.1. The molecule has 3 nitrogen and oxygen atoms in total. The van der Waals surface area contributed by atoms with Gasteiger partial charge in [0.05, 0.1) is 5.56 Å². The van der Waals surface area contributed by atoms with E-state index in [-0.39, 0.29) is 12.1 Å². The monoisotopic (exact) mass is 247 g/mol. The lowest BCUT2D eigenvalue weighted by Crippen LogP contribution is -2.34. The maximum Gasteiger partial charge on any atom is 0.338 e. The van der Waals surface area contributed by atoms with Crippen molar-refractivity contribution in [2.75, 3.05) is 6.54 Å². The lowest BCUT2D eigenvalue weighted by molar-refractivity contribution is 0.0337. The summed E-state index contributed by atoms with van der Waals surface area (Å²) in [6.07, 6.45) is 5.04. The Kier molecular flexibility index (Phi) is 4.76. The minimum atomic E-state index is -0.240. The standard InChI is InChI=1S/C15H21NO2/c1-12(11-16-14-9-5-6-10-14)18-15(17)13-7-3-2-4-8-13/h2-4,7-8,12,14,16H,5-6,9-11H2,1H3. The average Bonchev–Trinajstić information content (AvgIpc) is 2.90. The van der Waals surface area contributed by atoms with E-state index in [0.717, 1.165) is 6.54 Å². The van der Waals surface area contributed by atoms with Crippen molar-refractivity contribution < 1.29 is 9.53 Å². The van der Waals surface area contributed by atoms with E-state index in [2.05, 4.69) is 5.32 Å². The molecule has 0 aromatic heterocycles. The number of rotatable bonds is 5. The zero-order valence-electron chi connectivity index (χ0n) is 10.9. The van der Waals surface area contributed by atoms with Gasteiger partial charge in [-0.15, -0.1) is 0 Å². The topological polar surface area (TPSA) is 38.3 Å². The average molecular weight is 247 g/mol. The summed E-state index contributed by atoms with van der Waals surface area (Å²) >= 11 is 0. The summed E-state index contributed by atoms with van der Waals surface area (Å²) in [5, 5.41) is 3.46. The lowest BCUT2D eigenvalue weighted by atomic mass is 10.2. The summed E-state index contributed by atoms with van der Waals surface area (Å²) in [7, 11) is 0. The molecule has 1 N–H and O–H groups in total. The Balaban J connectivity index is 1.73. The van der Waals surface area contributed by atoms with E-state index in [1.54, 1.807) is 12.1 Å². The zero-order chi connectivity index (χ0) is 12.8. The maximum atomic E-state index is 11.8. The fraction of sp³-hybridized carbons (Fsp3) is 0.533. The zero-order valence-corrected chi connectivity index (χ0v) is 10.9. The van der Waals surface area contributed by atoms with Gasteiger partial charge in [0.15, 0.2) is 0 Å². The highest BCUT2D eigenvalue weighted by molar-refractivity contribution is 5.89. The number of hydrogen-bond acceptors (Lipinski definition) is 3. The molecule has 0 amide bonds. The van der Waals surface area contributed by atoms with Gasteiger partial charge in [-0.1, -0.05) is 31.0 Å². The molecule has 0 radical (unpaired) electrons. The molecular formula is C15H21NO2. The summed E-state index contributed by atoms with van der Waals surface area (Å²) < 4.78 is 5.39. The van der Waals surface area contributed by atoms with Crippen molar-refractivity contribution in [3.05, 3.63) is 35.9 Å². The van der Waals surface area contributed by atoms with Gasteiger partial charge in [-0.05, 0) is 31.9 Å². The number of carbonyl (C=O) groups excluding carboxylic acids is 1. The molecule has 0 aliphatic heterocycles. The summed E-state index contributed by atoms with van der Waals surface area (Å²) in [6.45, 7) is 2.67. The molecule has 0 bridgehead atoms. The van der Waals surface area contributed by atoms with E-state index in [9.17, 15) is 4.79 Å². The first-order chi connectivity index (χ1) is 8.75. The van der Waals surface area contributed by atoms with Crippen LogP contribution in [0.3, 0.4) is 0 Å². The van der Waals surface area contributed by atoms with E-state index in [4.69, 9.17) is 4.74 Å². The van der Waals surface area contributed by atoms with Crippen molar-refractivity contribution in [3.8, 4) is 0 Å². The van der Waals surface area contributed by atoms with Gasteiger partial charge in [0, 0.05) is 12.6 Å². The SMILES string of the molecule is CC(CNC1CCCC1)OC(=O)c1ccccc1. The Morgan fingerprint density at radius 1 is 1.33 bits per heavy atom. The third-order valence-electron chi connectivity index (χ3n) is 3.37. The first-order valence-electron chi connectivity index (χ1n) is 6.75. The van der Waals surface area contributed by atoms with Crippen LogP contribution in [0.5, 0.6) is 0 Å². The number of carbonyl (C=O) groups is 1. The maximum absolute atomic E-state index is 11.8. The van der Waals surface area contributed by atoms with E-state index in [1.165, 1.54) is 25.7 Å². The number of ether oxygens (including phenoxy) is 1. The van der Waals surface area contributed by atoms with E-state index in [0.29, 0.717) is 11.6 Å². The molecule has 1 aromatic rings. The van der Waals surface area contributed by atoms with Crippen molar-refractivity contribution >= 4 is 5.97 Å². The summed E-state index contributed by atoms with van der Waals surface area (Å²) in [5.74, 6) is -0.240. The summed E-state index contributed by atoms with van der Waals surface area (Å²) in [5.41, 5.74) is 0.616. The third-order valence-corrected chi connectivity index (χ3v) is 3.37. The predicted molar refractivity (Wildman–Crippen MR) is 71.6 cm³/mol. The van der Waals surface area contributed by atoms with Gasteiger partial charge in [-0.2, -0.15) is 0 Å². The van der Waals surface area contributed by atoms with Gasteiger partial charge >= 0.3 is 5.97 Å². The van der Waals surface area contributed by atoms with Gasteiger partial charge in [-0.3, -0.25) is 0 Å². The fourth-order valence-corrected chi connectivity index (χ4v) is 2.33. The van der Waals surface area contributed by atoms with Crippen molar-refractivity contribution in [3.63, 3.8) is 0 Å². The molecule has 1 atom stereocenters. The van der Waals surface area contributed by atoms with E-state index >= 15 is 0 Å². The Morgan fingerprint density at radius 3 is 2.67 bits per heavy atom. The number of esters is 1. The Bertz CT molecular complexity index is 371. The Labute approximate surface area is 109 Å². The number of hydrogen-bond donors (Lipinski definition) is 1.